The summed E-state index contributed by atoms with van der Waals surface area (Å²) in [6, 6.07) is 2.43. The minimum absolute atomic E-state index is 0.00993. The molecule has 1 saturated carbocycles. The zero-order valence-corrected chi connectivity index (χ0v) is 15.2. The Bertz CT molecular complexity index is 796. The molecule has 1 aromatic carbocycles. The van der Waals surface area contributed by atoms with Gasteiger partial charge in [0.15, 0.2) is 0 Å². The van der Waals surface area contributed by atoms with Crippen LogP contribution in [0.1, 0.15) is 32.3 Å². The Morgan fingerprint density at radius 2 is 2.00 bits per heavy atom. The molecule has 146 valence electrons. The number of benzene rings is 1. The van der Waals surface area contributed by atoms with Gasteiger partial charge in [-0.2, -0.15) is 0 Å². The van der Waals surface area contributed by atoms with Crippen molar-refractivity contribution < 1.29 is 28.3 Å². The first-order valence-electron chi connectivity index (χ1n) is 8.89. The number of carbonyl (C=O) groups is 3. The summed E-state index contributed by atoms with van der Waals surface area (Å²) in [6.07, 6.45) is 1.06. The Hall–Kier alpha value is -2.51. The second-order valence-electron chi connectivity index (χ2n) is 7.81. The highest BCUT2D eigenvalue weighted by atomic mass is 19.1. The van der Waals surface area contributed by atoms with E-state index in [1.54, 1.807) is 13.8 Å². The molecule has 2 fully saturated rings. The molecule has 2 aliphatic rings. The normalized spacial score (nSPS) is 26.6. The molecule has 1 aliphatic carbocycles. The van der Waals surface area contributed by atoms with Crippen LogP contribution < -0.4 is 5.32 Å². The van der Waals surface area contributed by atoms with E-state index >= 15 is 0 Å². The maximum Gasteiger partial charge on any atom is 0.307 e. The first-order chi connectivity index (χ1) is 12.6. The average Bonchev–Trinajstić information content (AvgIpc) is 3.16. The highest BCUT2D eigenvalue weighted by Gasteiger charge is 2.66. The Kier molecular flexibility index (Phi) is 4.92. The summed E-state index contributed by atoms with van der Waals surface area (Å²) < 4.78 is 26.9. The summed E-state index contributed by atoms with van der Waals surface area (Å²) in [5.74, 6) is -4.66. The third-order valence-corrected chi connectivity index (χ3v) is 5.60. The predicted octanol–water partition coefficient (Wildman–Crippen LogP) is 1.93. The lowest BCUT2D eigenvalue weighted by Crippen LogP contribution is -2.52. The molecular weight excluding hydrogens is 358 g/mol. The minimum atomic E-state index is -1.02. The number of aliphatic carboxylic acids is 1. The van der Waals surface area contributed by atoms with E-state index in [1.807, 2.05) is 0 Å². The van der Waals surface area contributed by atoms with E-state index in [2.05, 4.69) is 5.32 Å². The molecule has 0 aromatic heterocycles. The Labute approximate surface area is 155 Å². The second-order valence-corrected chi connectivity index (χ2v) is 7.81. The number of hydrogen-bond acceptors (Lipinski definition) is 3. The van der Waals surface area contributed by atoms with Gasteiger partial charge in [-0.25, -0.2) is 8.78 Å². The fraction of sp³-hybridized carbons (Fsp3) is 0.526. The zero-order valence-electron chi connectivity index (χ0n) is 15.2. The molecule has 2 N–H and O–H groups in total. The van der Waals surface area contributed by atoms with Crippen molar-refractivity contribution in [3.05, 3.63) is 35.4 Å². The molecule has 1 heterocycles. The van der Waals surface area contributed by atoms with Crippen LogP contribution in [0.15, 0.2) is 18.2 Å². The summed E-state index contributed by atoms with van der Waals surface area (Å²) in [7, 11) is 0. The Balaban J connectivity index is 1.65. The average molecular weight is 380 g/mol. The van der Waals surface area contributed by atoms with Crippen LogP contribution >= 0.6 is 0 Å². The number of amides is 2. The standard InChI is InChI=1S/C19H22F2N2O4/c1-19(2)14(15(19)18(26)27)16(24)22-13-4-3-7-23(17(13)25)9-10-5-6-11(20)8-12(10)21/h5-6,8,13-15H,3-4,7,9H2,1-2H3,(H,22,24)(H,26,27)/t13?,14-,15+/m1/s1. The molecule has 1 aromatic rings. The van der Waals surface area contributed by atoms with Gasteiger partial charge in [-0.1, -0.05) is 19.9 Å². The lowest BCUT2D eigenvalue weighted by Gasteiger charge is -2.33. The molecule has 2 amide bonds. The van der Waals surface area contributed by atoms with Crippen molar-refractivity contribution in [1.29, 1.82) is 0 Å². The van der Waals surface area contributed by atoms with E-state index in [4.69, 9.17) is 0 Å². The maximum atomic E-state index is 13.9. The SMILES string of the molecule is CC1(C)[C@H](C(=O)O)[C@@H]1C(=O)NC1CCCN(Cc2ccc(F)cc2F)C1=O. The van der Waals surface area contributed by atoms with Crippen molar-refractivity contribution in [2.75, 3.05) is 6.54 Å². The Morgan fingerprint density at radius 3 is 2.59 bits per heavy atom. The van der Waals surface area contributed by atoms with Crippen LogP contribution in [0, 0.1) is 28.9 Å². The van der Waals surface area contributed by atoms with Crippen LogP contribution in [0.25, 0.3) is 0 Å². The van der Waals surface area contributed by atoms with E-state index in [9.17, 15) is 28.3 Å². The van der Waals surface area contributed by atoms with E-state index in [1.165, 1.54) is 11.0 Å². The predicted molar refractivity (Wildman–Crippen MR) is 91.3 cm³/mol. The lowest BCUT2D eigenvalue weighted by atomic mass is 10.0. The first-order valence-corrected chi connectivity index (χ1v) is 8.89. The number of nitrogens with one attached hydrogen (secondary N) is 1. The largest absolute Gasteiger partial charge is 0.481 e. The fourth-order valence-electron chi connectivity index (χ4n) is 3.94. The number of likely N-dealkylation sites (tertiary alicyclic amines) is 1. The third-order valence-electron chi connectivity index (χ3n) is 5.60. The van der Waals surface area contributed by atoms with Gasteiger partial charge in [-0.3, -0.25) is 14.4 Å². The van der Waals surface area contributed by atoms with E-state index < -0.39 is 46.8 Å². The van der Waals surface area contributed by atoms with Crippen molar-refractivity contribution in [3.8, 4) is 0 Å². The van der Waals surface area contributed by atoms with Gasteiger partial charge < -0.3 is 15.3 Å². The molecule has 1 unspecified atom stereocenters. The number of carboxylic acid groups (broad SMARTS) is 1. The quantitative estimate of drug-likeness (QED) is 0.817. The molecule has 3 rings (SSSR count). The molecule has 1 saturated heterocycles. The smallest absolute Gasteiger partial charge is 0.307 e. The number of halogens is 2. The van der Waals surface area contributed by atoms with Crippen molar-refractivity contribution in [2.24, 2.45) is 17.3 Å². The number of piperidine rings is 1. The fourth-order valence-corrected chi connectivity index (χ4v) is 3.94. The minimum Gasteiger partial charge on any atom is -0.481 e. The van der Waals surface area contributed by atoms with Gasteiger partial charge in [-0.05, 0) is 24.3 Å². The van der Waals surface area contributed by atoms with Crippen LogP contribution in [0.2, 0.25) is 0 Å². The molecule has 8 heteroatoms. The number of hydrogen-bond donors (Lipinski definition) is 2. The highest BCUT2D eigenvalue weighted by molar-refractivity contribution is 5.94. The van der Waals surface area contributed by atoms with Gasteiger partial charge in [0.2, 0.25) is 11.8 Å². The van der Waals surface area contributed by atoms with Gasteiger partial charge in [0, 0.05) is 24.7 Å². The summed E-state index contributed by atoms with van der Waals surface area (Å²) in [5.41, 5.74) is -0.448. The molecular formula is C19H22F2N2O4. The van der Waals surface area contributed by atoms with Crippen LogP contribution in [-0.4, -0.2) is 40.4 Å². The maximum absolute atomic E-state index is 13.9. The topological polar surface area (TPSA) is 86.7 Å². The van der Waals surface area contributed by atoms with Gasteiger partial charge in [0.25, 0.3) is 0 Å². The summed E-state index contributed by atoms with van der Waals surface area (Å²) in [6.45, 7) is 3.82. The number of carbonyl (C=O) groups excluding carboxylic acids is 2. The van der Waals surface area contributed by atoms with Crippen molar-refractivity contribution >= 4 is 17.8 Å². The molecule has 0 bridgehead atoms. The monoisotopic (exact) mass is 380 g/mol. The molecule has 6 nitrogen and oxygen atoms in total. The summed E-state index contributed by atoms with van der Waals surface area (Å²) in [4.78, 5) is 37.8. The second kappa shape index (κ2) is 6.90. The van der Waals surface area contributed by atoms with Crippen molar-refractivity contribution in [1.82, 2.24) is 10.2 Å². The molecule has 0 radical (unpaired) electrons. The van der Waals surface area contributed by atoms with Gasteiger partial charge in [0.1, 0.15) is 17.7 Å². The highest BCUT2D eigenvalue weighted by Crippen LogP contribution is 2.58. The van der Waals surface area contributed by atoms with Gasteiger partial charge in [-0.15, -0.1) is 0 Å². The molecule has 1 aliphatic heterocycles. The Morgan fingerprint density at radius 1 is 1.30 bits per heavy atom. The summed E-state index contributed by atoms with van der Waals surface area (Å²) >= 11 is 0. The van der Waals surface area contributed by atoms with Crippen molar-refractivity contribution in [2.45, 2.75) is 39.3 Å². The van der Waals surface area contributed by atoms with Gasteiger partial charge in [0.05, 0.1) is 11.8 Å². The molecule has 0 spiro atoms. The van der Waals surface area contributed by atoms with Crippen LogP contribution in [0.3, 0.4) is 0 Å². The van der Waals surface area contributed by atoms with Crippen LogP contribution in [0.5, 0.6) is 0 Å². The third kappa shape index (κ3) is 3.65. The van der Waals surface area contributed by atoms with Crippen molar-refractivity contribution in [3.63, 3.8) is 0 Å². The first kappa shape index (κ1) is 19.3. The molecule has 3 atom stereocenters. The van der Waals surface area contributed by atoms with Crippen LogP contribution in [0.4, 0.5) is 8.78 Å². The number of carboxylic acids is 1. The molecule has 27 heavy (non-hydrogen) atoms. The lowest BCUT2D eigenvalue weighted by molar-refractivity contribution is -0.141. The van der Waals surface area contributed by atoms with E-state index in [-0.39, 0.29) is 18.0 Å². The zero-order chi connectivity index (χ0) is 19.9. The number of nitrogens with zero attached hydrogens (tertiary/aromatic N) is 1. The van der Waals surface area contributed by atoms with Crippen LogP contribution in [-0.2, 0) is 20.9 Å². The number of rotatable bonds is 5. The van der Waals surface area contributed by atoms with E-state index in [0.717, 1.165) is 12.1 Å². The van der Waals surface area contributed by atoms with Gasteiger partial charge >= 0.3 is 5.97 Å². The summed E-state index contributed by atoms with van der Waals surface area (Å²) in [5, 5.41) is 11.9. The van der Waals surface area contributed by atoms with E-state index in [0.29, 0.717) is 19.4 Å².